The van der Waals surface area contributed by atoms with Crippen LogP contribution in [-0.4, -0.2) is 10.6 Å². The van der Waals surface area contributed by atoms with Gasteiger partial charge in [0.1, 0.15) is 0 Å². The summed E-state index contributed by atoms with van der Waals surface area (Å²) in [6.45, 7) is 0. The Balaban J connectivity index is 2.89. The average molecular weight is 124 g/mol. The molecular weight excluding hydrogens is 120 g/mol. The Kier molecular flexibility index (Phi) is 1.35. The van der Waals surface area contributed by atoms with Gasteiger partial charge in [-0.1, -0.05) is 24.4 Å². The third kappa shape index (κ3) is 0.898. The lowest BCUT2D eigenvalue weighted by atomic mass is 10.2. The number of carbonyl (C=O) groups is 1. The van der Waals surface area contributed by atoms with Crippen molar-refractivity contribution in [1.82, 2.24) is 0 Å². The van der Waals surface area contributed by atoms with Gasteiger partial charge in [-0.15, -0.1) is 0 Å². The van der Waals surface area contributed by atoms with Crippen molar-refractivity contribution >= 4 is 22.9 Å². The van der Waals surface area contributed by atoms with Gasteiger partial charge in [-0.25, -0.2) is 0 Å². The van der Waals surface area contributed by atoms with Crippen LogP contribution in [0.2, 0.25) is 0 Å². The van der Waals surface area contributed by atoms with E-state index in [4.69, 9.17) is 0 Å². The van der Waals surface area contributed by atoms with Gasteiger partial charge in [-0.3, -0.25) is 4.79 Å². The molecule has 1 nitrogen and oxygen atoms in total. The third-order valence-electron chi connectivity index (χ3n) is 0.849. The van der Waals surface area contributed by atoms with E-state index in [1.54, 1.807) is 18.2 Å². The van der Waals surface area contributed by atoms with Gasteiger partial charge in [-0.05, 0) is 12.2 Å². The summed E-state index contributed by atoms with van der Waals surface area (Å²) >= 11 is 4.64. The zero-order valence-corrected chi connectivity index (χ0v) is 4.94. The molecule has 0 saturated heterocycles. The summed E-state index contributed by atoms with van der Waals surface area (Å²) in [5.41, 5.74) is 0. The molecule has 1 rings (SSSR count). The molecule has 0 aromatic carbocycles. The van der Waals surface area contributed by atoms with Crippen LogP contribution >= 0.6 is 12.2 Å². The highest BCUT2D eigenvalue weighted by molar-refractivity contribution is 7.82. The van der Waals surface area contributed by atoms with Crippen LogP contribution in [0.5, 0.6) is 0 Å². The fraction of sp³-hybridized carbons (Fsp3) is 0. The molecule has 0 radical (unpaired) electrons. The van der Waals surface area contributed by atoms with Gasteiger partial charge in [0.25, 0.3) is 0 Å². The molecule has 0 aromatic heterocycles. The van der Waals surface area contributed by atoms with Gasteiger partial charge in [0.15, 0.2) is 5.78 Å². The summed E-state index contributed by atoms with van der Waals surface area (Å²) in [5, 5.41) is 0. The van der Waals surface area contributed by atoms with E-state index in [9.17, 15) is 4.79 Å². The number of hydrogen-bond donors (Lipinski definition) is 0. The predicted molar refractivity (Wildman–Crippen MR) is 35.9 cm³/mol. The molecule has 0 fully saturated rings. The number of hydrogen-bond acceptors (Lipinski definition) is 2. The summed E-state index contributed by atoms with van der Waals surface area (Å²) in [7, 11) is 0. The lowest BCUT2D eigenvalue weighted by Gasteiger charge is -1.91. The number of rotatable bonds is 0. The molecule has 0 N–H and O–H groups in total. The van der Waals surface area contributed by atoms with Gasteiger partial charge >= 0.3 is 0 Å². The first-order valence-corrected chi connectivity index (χ1v) is 2.64. The number of carbonyl (C=O) groups excluding carboxylic acids is 1. The zero-order valence-electron chi connectivity index (χ0n) is 4.13. The largest absolute Gasteiger partial charge is 0.288 e. The molecule has 0 amide bonds. The van der Waals surface area contributed by atoms with Crippen LogP contribution in [-0.2, 0) is 4.79 Å². The summed E-state index contributed by atoms with van der Waals surface area (Å²) in [6, 6.07) is 0. The van der Waals surface area contributed by atoms with E-state index in [-0.39, 0.29) is 5.78 Å². The van der Waals surface area contributed by atoms with E-state index in [0.29, 0.717) is 4.86 Å². The fourth-order valence-corrected chi connectivity index (χ4v) is 0.597. The first-order valence-electron chi connectivity index (χ1n) is 2.24. The van der Waals surface area contributed by atoms with Crippen molar-refractivity contribution < 1.29 is 4.79 Å². The van der Waals surface area contributed by atoms with Crippen molar-refractivity contribution in [3.05, 3.63) is 24.3 Å². The van der Waals surface area contributed by atoms with Crippen LogP contribution in [0.4, 0.5) is 0 Å². The second-order valence-electron chi connectivity index (χ2n) is 1.45. The SMILES string of the molecule is O=C1C=CC=CC1=S. The van der Waals surface area contributed by atoms with E-state index in [2.05, 4.69) is 12.2 Å². The summed E-state index contributed by atoms with van der Waals surface area (Å²) < 4.78 is 0. The standard InChI is InChI=1S/C6H4OS/c7-5-3-1-2-4-6(5)8/h1-4H. The molecule has 1 aliphatic carbocycles. The highest BCUT2D eigenvalue weighted by Gasteiger charge is 2.01. The fourth-order valence-electron chi connectivity index (χ4n) is 0.450. The Morgan fingerprint density at radius 1 is 1.25 bits per heavy atom. The molecule has 0 spiro atoms. The highest BCUT2D eigenvalue weighted by Crippen LogP contribution is 1.93. The van der Waals surface area contributed by atoms with E-state index in [0.717, 1.165) is 0 Å². The summed E-state index contributed by atoms with van der Waals surface area (Å²) in [6.07, 6.45) is 6.52. The number of allylic oxidation sites excluding steroid dienone is 4. The van der Waals surface area contributed by atoms with Gasteiger partial charge in [-0.2, -0.15) is 0 Å². The Hall–Kier alpha value is -0.760. The van der Waals surface area contributed by atoms with Crippen molar-refractivity contribution in [2.24, 2.45) is 0 Å². The molecule has 40 valence electrons. The van der Waals surface area contributed by atoms with Crippen LogP contribution < -0.4 is 0 Å². The lowest BCUT2D eigenvalue weighted by Crippen LogP contribution is -2.06. The van der Waals surface area contributed by atoms with E-state index < -0.39 is 0 Å². The maximum atomic E-state index is 10.5. The first-order chi connectivity index (χ1) is 3.80. The first kappa shape index (κ1) is 5.38. The van der Waals surface area contributed by atoms with Gasteiger partial charge in [0.2, 0.25) is 0 Å². The van der Waals surface area contributed by atoms with Crippen molar-refractivity contribution in [2.45, 2.75) is 0 Å². The molecule has 2 heteroatoms. The molecule has 0 atom stereocenters. The van der Waals surface area contributed by atoms with Gasteiger partial charge in [0, 0.05) is 0 Å². The van der Waals surface area contributed by atoms with Crippen LogP contribution in [0.1, 0.15) is 0 Å². The molecule has 0 aliphatic heterocycles. The maximum absolute atomic E-state index is 10.5. The van der Waals surface area contributed by atoms with E-state index >= 15 is 0 Å². The third-order valence-corrected chi connectivity index (χ3v) is 1.19. The number of ketones is 1. The van der Waals surface area contributed by atoms with Crippen LogP contribution in [0.3, 0.4) is 0 Å². The van der Waals surface area contributed by atoms with Crippen molar-refractivity contribution in [1.29, 1.82) is 0 Å². The van der Waals surface area contributed by atoms with Crippen molar-refractivity contribution in [3.63, 3.8) is 0 Å². The second-order valence-corrected chi connectivity index (χ2v) is 1.89. The quantitative estimate of drug-likeness (QED) is 0.449. The van der Waals surface area contributed by atoms with E-state index in [1.807, 2.05) is 0 Å². The molecule has 1 aliphatic rings. The maximum Gasteiger partial charge on any atom is 0.196 e. The lowest BCUT2D eigenvalue weighted by molar-refractivity contribution is -0.108. The Morgan fingerprint density at radius 2 is 1.88 bits per heavy atom. The topological polar surface area (TPSA) is 17.1 Å². The average Bonchev–Trinajstić information content (AvgIpc) is 1.77. The van der Waals surface area contributed by atoms with Crippen molar-refractivity contribution in [3.8, 4) is 0 Å². The minimum absolute atomic E-state index is 0.0671. The molecule has 8 heavy (non-hydrogen) atoms. The van der Waals surface area contributed by atoms with E-state index in [1.165, 1.54) is 6.08 Å². The van der Waals surface area contributed by atoms with Crippen LogP contribution in [0.25, 0.3) is 0 Å². The molecule has 0 heterocycles. The number of thiocarbonyl (C=S) groups is 1. The second kappa shape index (κ2) is 2.01. The van der Waals surface area contributed by atoms with Crippen LogP contribution in [0.15, 0.2) is 24.3 Å². The Bertz CT molecular complexity index is 167. The summed E-state index contributed by atoms with van der Waals surface area (Å²) in [5.74, 6) is -0.0671. The van der Waals surface area contributed by atoms with Crippen molar-refractivity contribution in [2.75, 3.05) is 0 Å². The normalized spacial score (nSPS) is 17.5. The Morgan fingerprint density at radius 3 is 2.25 bits per heavy atom. The molecule has 0 aromatic rings. The summed E-state index contributed by atoms with van der Waals surface area (Å²) in [4.78, 5) is 10.9. The minimum Gasteiger partial charge on any atom is -0.288 e. The molecule has 0 saturated carbocycles. The Labute approximate surface area is 52.7 Å². The van der Waals surface area contributed by atoms with Gasteiger partial charge in [0.05, 0.1) is 4.86 Å². The minimum atomic E-state index is -0.0671. The van der Waals surface area contributed by atoms with Crippen LogP contribution in [0, 0.1) is 0 Å². The smallest absolute Gasteiger partial charge is 0.196 e. The molecule has 0 unspecified atom stereocenters. The highest BCUT2D eigenvalue weighted by atomic mass is 32.1. The monoisotopic (exact) mass is 124 g/mol. The molecular formula is C6H4OS. The van der Waals surface area contributed by atoms with Gasteiger partial charge < -0.3 is 0 Å². The predicted octanol–water partition coefficient (Wildman–Crippen LogP) is 1.05. The zero-order chi connectivity index (χ0) is 5.98. The molecule has 0 bridgehead atoms.